The van der Waals surface area contributed by atoms with Crippen LogP contribution >= 0.6 is 22.9 Å². The molecule has 1 atom stereocenters. The number of benzene rings is 1. The Morgan fingerprint density at radius 2 is 1.96 bits per heavy atom. The SMILES string of the molecule is O=C1CC(CNS(=O)(=O)c2ccc(Cl)s2)CN1c1ccccc1. The van der Waals surface area contributed by atoms with Crippen LogP contribution in [0.3, 0.4) is 0 Å². The summed E-state index contributed by atoms with van der Waals surface area (Å²) in [6.45, 7) is 0.740. The predicted molar refractivity (Wildman–Crippen MR) is 91.4 cm³/mol. The molecule has 1 unspecified atom stereocenters. The van der Waals surface area contributed by atoms with Crippen molar-refractivity contribution in [2.75, 3.05) is 18.0 Å². The van der Waals surface area contributed by atoms with Gasteiger partial charge in [-0.25, -0.2) is 13.1 Å². The molecular formula is C15H15ClN2O3S2. The second-order valence-corrected chi connectivity index (χ2v) is 9.03. The normalized spacial score (nSPS) is 18.6. The lowest BCUT2D eigenvalue weighted by atomic mass is 10.1. The summed E-state index contributed by atoms with van der Waals surface area (Å²) in [5.74, 6) is -0.0347. The maximum atomic E-state index is 12.2. The van der Waals surface area contributed by atoms with E-state index in [0.29, 0.717) is 17.3 Å². The fourth-order valence-corrected chi connectivity index (χ4v) is 5.16. The summed E-state index contributed by atoms with van der Waals surface area (Å²) < 4.78 is 27.5. The van der Waals surface area contributed by atoms with Crippen LogP contribution in [0.4, 0.5) is 5.69 Å². The number of para-hydroxylation sites is 1. The van der Waals surface area contributed by atoms with Crippen LogP contribution in [0, 0.1) is 5.92 Å². The first kappa shape index (κ1) is 16.4. The summed E-state index contributed by atoms with van der Waals surface area (Å²) in [7, 11) is -3.57. The Hall–Kier alpha value is -1.41. The lowest BCUT2D eigenvalue weighted by molar-refractivity contribution is -0.117. The third kappa shape index (κ3) is 3.74. The maximum absolute atomic E-state index is 12.2. The number of hydrogen-bond donors (Lipinski definition) is 1. The van der Waals surface area contributed by atoms with Crippen LogP contribution in [0.1, 0.15) is 6.42 Å². The van der Waals surface area contributed by atoms with E-state index >= 15 is 0 Å². The molecule has 2 aromatic rings. The molecule has 1 fully saturated rings. The smallest absolute Gasteiger partial charge is 0.250 e. The van der Waals surface area contributed by atoms with Crippen LogP contribution in [0.2, 0.25) is 4.34 Å². The van der Waals surface area contributed by atoms with Gasteiger partial charge in [0, 0.05) is 25.2 Å². The summed E-state index contributed by atoms with van der Waals surface area (Å²) in [6.07, 6.45) is 0.336. The van der Waals surface area contributed by atoms with Gasteiger partial charge in [-0.15, -0.1) is 11.3 Å². The quantitative estimate of drug-likeness (QED) is 0.880. The van der Waals surface area contributed by atoms with Gasteiger partial charge in [0.25, 0.3) is 0 Å². The summed E-state index contributed by atoms with van der Waals surface area (Å²) in [5, 5.41) is 0. The molecule has 1 aromatic heterocycles. The predicted octanol–water partition coefficient (Wildman–Crippen LogP) is 2.73. The highest BCUT2D eigenvalue weighted by atomic mass is 35.5. The molecule has 1 aliphatic heterocycles. The number of amides is 1. The lowest BCUT2D eigenvalue weighted by Gasteiger charge is -2.16. The molecule has 1 saturated heterocycles. The highest BCUT2D eigenvalue weighted by Gasteiger charge is 2.31. The second kappa shape index (κ2) is 6.60. The van der Waals surface area contributed by atoms with Gasteiger partial charge in [-0.3, -0.25) is 4.79 Å². The van der Waals surface area contributed by atoms with Crippen molar-refractivity contribution in [3.8, 4) is 0 Å². The van der Waals surface area contributed by atoms with E-state index in [9.17, 15) is 13.2 Å². The highest BCUT2D eigenvalue weighted by Crippen LogP contribution is 2.27. The number of nitrogens with one attached hydrogen (secondary N) is 1. The standard InChI is InChI=1S/C15H15ClN2O3S2/c16-13-6-7-15(22-13)23(20,21)17-9-11-8-14(19)18(10-11)12-4-2-1-3-5-12/h1-7,11,17H,8-10H2. The summed E-state index contributed by atoms with van der Waals surface area (Å²) >= 11 is 6.79. The highest BCUT2D eigenvalue weighted by molar-refractivity contribution is 7.91. The topological polar surface area (TPSA) is 66.5 Å². The number of halogens is 1. The molecule has 0 spiro atoms. The summed E-state index contributed by atoms with van der Waals surface area (Å²) in [6, 6.07) is 12.4. The average Bonchev–Trinajstić information content (AvgIpc) is 3.13. The van der Waals surface area contributed by atoms with Crippen molar-refractivity contribution < 1.29 is 13.2 Å². The second-order valence-electron chi connectivity index (χ2n) is 5.32. The minimum absolute atomic E-state index is 0.0135. The van der Waals surface area contributed by atoms with Gasteiger partial charge in [-0.2, -0.15) is 0 Å². The number of anilines is 1. The van der Waals surface area contributed by atoms with E-state index in [1.54, 1.807) is 11.0 Å². The minimum Gasteiger partial charge on any atom is -0.312 e. The first-order valence-corrected chi connectivity index (χ1v) is 9.74. The van der Waals surface area contributed by atoms with Gasteiger partial charge in [0.2, 0.25) is 15.9 Å². The maximum Gasteiger partial charge on any atom is 0.250 e. The van der Waals surface area contributed by atoms with E-state index < -0.39 is 10.0 Å². The molecule has 3 rings (SSSR count). The summed E-state index contributed by atoms with van der Waals surface area (Å²) in [5.41, 5.74) is 0.841. The van der Waals surface area contributed by atoms with E-state index in [0.717, 1.165) is 17.0 Å². The first-order chi connectivity index (χ1) is 11.0. The van der Waals surface area contributed by atoms with Crippen LogP contribution in [0.15, 0.2) is 46.7 Å². The molecule has 1 N–H and O–H groups in total. The Balaban J connectivity index is 1.63. The monoisotopic (exact) mass is 370 g/mol. The van der Waals surface area contributed by atoms with Crippen molar-refractivity contribution >= 4 is 44.6 Å². The third-order valence-corrected chi connectivity index (χ3v) is 6.79. The number of nitrogens with zero attached hydrogens (tertiary/aromatic N) is 1. The molecule has 0 radical (unpaired) electrons. The third-order valence-electron chi connectivity index (χ3n) is 3.65. The molecule has 0 bridgehead atoms. The molecule has 1 aromatic carbocycles. The van der Waals surface area contributed by atoms with Gasteiger partial charge in [0.15, 0.2) is 0 Å². The van der Waals surface area contributed by atoms with Gasteiger partial charge >= 0.3 is 0 Å². The first-order valence-electron chi connectivity index (χ1n) is 7.06. The Bertz CT molecular complexity index is 805. The van der Waals surface area contributed by atoms with E-state index in [-0.39, 0.29) is 22.6 Å². The van der Waals surface area contributed by atoms with Crippen molar-refractivity contribution in [3.05, 3.63) is 46.8 Å². The van der Waals surface area contributed by atoms with Gasteiger partial charge in [0.05, 0.1) is 4.34 Å². The molecule has 0 aliphatic carbocycles. The molecular weight excluding hydrogens is 356 g/mol. The number of rotatable bonds is 5. The molecule has 2 heterocycles. The largest absolute Gasteiger partial charge is 0.312 e. The van der Waals surface area contributed by atoms with Crippen molar-refractivity contribution in [2.24, 2.45) is 5.92 Å². The van der Waals surface area contributed by atoms with Crippen LogP contribution in [-0.4, -0.2) is 27.4 Å². The number of carbonyl (C=O) groups is 1. The average molecular weight is 371 g/mol. The fourth-order valence-electron chi connectivity index (χ4n) is 2.52. The molecule has 5 nitrogen and oxygen atoms in total. The molecule has 0 saturated carbocycles. The van der Waals surface area contributed by atoms with Gasteiger partial charge < -0.3 is 4.90 Å². The van der Waals surface area contributed by atoms with Gasteiger partial charge in [-0.1, -0.05) is 29.8 Å². The molecule has 1 amide bonds. The Morgan fingerprint density at radius 3 is 2.61 bits per heavy atom. The zero-order valence-corrected chi connectivity index (χ0v) is 14.5. The van der Waals surface area contributed by atoms with Crippen LogP contribution < -0.4 is 9.62 Å². The van der Waals surface area contributed by atoms with Crippen LogP contribution in [-0.2, 0) is 14.8 Å². The Labute approximate surface area is 143 Å². The van der Waals surface area contributed by atoms with Crippen molar-refractivity contribution in [2.45, 2.75) is 10.6 Å². The molecule has 1 aliphatic rings. The van der Waals surface area contributed by atoms with E-state index in [4.69, 9.17) is 11.6 Å². The van der Waals surface area contributed by atoms with E-state index in [1.807, 2.05) is 30.3 Å². The molecule has 23 heavy (non-hydrogen) atoms. The zero-order valence-electron chi connectivity index (χ0n) is 12.1. The summed E-state index contributed by atoms with van der Waals surface area (Å²) in [4.78, 5) is 13.8. The Kier molecular flexibility index (Phi) is 4.72. The van der Waals surface area contributed by atoms with E-state index in [1.165, 1.54) is 6.07 Å². The number of carbonyl (C=O) groups excluding carboxylic acids is 1. The van der Waals surface area contributed by atoms with Crippen molar-refractivity contribution in [3.63, 3.8) is 0 Å². The van der Waals surface area contributed by atoms with Crippen molar-refractivity contribution in [1.82, 2.24) is 4.72 Å². The minimum atomic E-state index is -3.57. The molecule has 8 heteroatoms. The lowest BCUT2D eigenvalue weighted by Crippen LogP contribution is -2.31. The number of thiophene rings is 1. The van der Waals surface area contributed by atoms with E-state index in [2.05, 4.69) is 4.72 Å². The van der Waals surface area contributed by atoms with Crippen molar-refractivity contribution in [1.29, 1.82) is 0 Å². The van der Waals surface area contributed by atoms with Gasteiger partial charge in [-0.05, 0) is 30.2 Å². The molecule has 122 valence electrons. The van der Waals surface area contributed by atoms with Crippen LogP contribution in [0.25, 0.3) is 0 Å². The fraction of sp³-hybridized carbons (Fsp3) is 0.267. The number of sulfonamides is 1. The number of hydrogen-bond acceptors (Lipinski definition) is 4. The Morgan fingerprint density at radius 1 is 1.22 bits per heavy atom. The van der Waals surface area contributed by atoms with Crippen LogP contribution in [0.5, 0.6) is 0 Å². The zero-order chi connectivity index (χ0) is 16.4. The van der Waals surface area contributed by atoms with Gasteiger partial charge in [0.1, 0.15) is 4.21 Å².